The van der Waals surface area contributed by atoms with Crippen LogP contribution in [0.1, 0.15) is 149 Å². The fourth-order valence-corrected chi connectivity index (χ4v) is 7.18. The molecule has 0 fully saturated rings. The maximum absolute atomic E-state index is 13.9. The van der Waals surface area contributed by atoms with E-state index < -0.39 is 45.3 Å². The number of ketones is 1. The van der Waals surface area contributed by atoms with Crippen molar-refractivity contribution in [2.75, 3.05) is 22.9 Å². The number of carbonyl (C=O) groups is 3. The van der Waals surface area contributed by atoms with Gasteiger partial charge in [-0.15, -0.1) is 0 Å². The zero-order valence-corrected chi connectivity index (χ0v) is 49.9. The monoisotopic (exact) mass is 1340 g/mol. The summed E-state index contributed by atoms with van der Waals surface area (Å²) >= 11 is 0. The molecule has 0 aromatic heterocycles. The molecule has 3 aromatic carbocycles. The Labute approximate surface area is 453 Å². The van der Waals surface area contributed by atoms with Crippen LogP contribution in [0.3, 0.4) is 0 Å². The Balaban J connectivity index is 0.0000102. The summed E-state index contributed by atoms with van der Waals surface area (Å²) in [5, 5.41) is 23.3. The normalized spacial score (nSPS) is 12.5. The van der Waals surface area contributed by atoms with E-state index >= 15 is 0 Å². The summed E-state index contributed by atoms with van der Waals surface area (Å²) in [7, 11) is -3.84. The molecular formula is C48H70Ac2N2O11S. The number of sulfonamides is 1. The SMILES string of the molecule is CCCCCCCCCCCCC(COC(=O)c1ccc(NC(=O)C(Oc2ccc(O)cc2NS(C)(=O)=O)C(=O)C(C)(C)C)c(OC(C)C)c1)Oc1ccc(O)c(C(C)(C)C)c1.[Ac].[Ac]. The molecule has 3 aromatic rings. The molecule has 0 spiro atoms. The van der Waals surface area contributed by atoms with E-state index in [1.165, 1.54) is 75.3 Å². The Morgan fingerprint density at radius 1 is 0.719 bits per heavy atom. The fourth-order valence-electron chi connectivity index (χ4n) is 6.62. The van der Waals surface area contributed by atoms with Gasteiger partial charge in [0.2, 0.25) is 16.1 Å². The number of nitrogens with one attached hydrogen (secondary N) is 2. The number of unbranched alkanes of at least 4 members (excludes halogenated alkanes) is 9. The third-order valence-corrected chi connectivity index (χ3v) is 10.5. The predicted octanol–water partition coefficient (Wildman–Crippen LogP) is 10.5. The average molecular weight is 1340 g/mol. The van der Waals surface area contributed by atoms with Gasteiger partial charge in [0, 0.05) is 105 Å². The Kier molecular flexibility index (Phi) is 26.5. The molecule has 16 heteroatoms. The summed E-state index contributed by atoms with van der Waals surface area (Å²) in [6, 6.07) is 13.1. The van der Waals surface area contributed by atoms with Crippen LogP contribution in [-0.4, -0.2) is 67.5 Å². The van der Waals surface area contributed by atoms with Crippen LogP contribution in [0.4, 0.5) is 11.4 Å². The fraction of sp³-hybridized carbons (Fsp3) is 0.562. The molecule has 3 rings (SSSR count). The number of ether oxygens (including phenoxy) is 4. The van der Waals surface area contributed by atoms with E-state index in [4.69, 9.17) is 18.9 Å². The molecule has 0 aliphatic heterocycles. The first-order valence-corrected chi connectivity index (χ1v) is 23.7. The molecule has 4 N–H and O–H groups in total. The summed E-state index contributed by atoms with van der Waals surface area (Å²) in [5.74, 6) is -1.71. The van der Waals surface area contributed by atoms with Gasteiger partial charge in [-0.3, -0.25) is 14.3 Å². The molecule has 13 nitrogen and oxygen atoms in total. The van der Waals surface area contributed by atoms with Crippen molar-refractivity contribution in [3.05, 3.63) is 65.7 Å². The van der Waals surface area contributed by atoms with E-state index in [1.807, 2.05) is 26.8 Å². The molecule has 350 valence electrons. The number of phenolic OH excluding ortho intramolecular Hbond substituents is 2. The van der Waals surface area contributed by atoms with Crippen molar-refractivity contribution in [2.24, 2.45) is 5.41 Å². The first-order chi connectivity index (χ1) is 29.0. The molecule has 2 atom stereocenters. The minimum absolute atomic E-state index is 0. The van der Waals surface area contributed by atoms with E-state index in [-0.39, 0.29) is 146 Å². The second-order valence-corrected chi connectivity index (χ2v) is 20.0. The topological polar surface area (TPSA) is 187 Å². The van der Waals surface area contributed by atoms with Crippen molar-refractivity contribution < 1.29 is 140 Å². The maximum Gasteiger partial charge on any atom is 0.338 e. The summed E-state index contributed by atoms with van der Waals surface area (Å²) in [4.78, 5) is 41.2. The van der Waals surface area contributed by atoms with Crippen molar-refractivity contribution >= 4 is 39.1 Å². The number of Topliss-reactive ketones (excluding diaryl/α,β-unsaturated/α-hetero) is 1. The van der Waals surface area contributed by atoms with Gasteiger partial charge in [0.05, 0.1) is 29.3 Å². The van der Waals surface area contributed by atoms with Gasteiger partial charge < -0.3 is 34.5 Å². The van der Waals surface area contributed by atoms with Crippen molar-refractivity contribution in [2.45, 2.75) is 157 Å². The van der Waals surface area contributed by atoms with E-state index in [2.05, 4.69) is 17.0 Å². The molecule has 2 radical (unpaired) electrons. The molecule has 0 saturated heterocycles. The molecule has 64 heavy (non-hydrogen) atoms. The third kappa shape index (κ3) is 21.2. The molecular weight excluding hydrogens is 1270 g/mol. The number of hydrogen-bond donors (Lipinski definition) is 4. The van der Waals surface area contributed by atoms with Crippen molar-refractivity contribution in [3.63, 3.8) is 0 Å². The van der Waals surface area contributed by atoms with Gasteiger partial charge in [-0.05, 0) is 80.6 Å². The number of carbonyl (C=O) groups excluding carboxylic acids is 3. The van der Waals surface area contributed by atoms with Crippen LogP contribution in [0, 0.1) is 93.5 Å². The molecule has 0 heterocycles. The quantitative estimate of drug-likeness (QED) is 0.0359. The molecule has 0 saturated carbocycles. The van der Waals surface area contributed by atoms with Crippen molar-refractivity contribution in [3.8, 4) is 28.7 Å². The van der Waals surface area contributed by atoms with Crippen LogP contribution in [0.2, 0.25) is 0 Å². The number of esters is 1. The van der Waals surface area contributed by atoms with Crippen molar-refractivity contribution in [1.82, 2.24) is 0 Å². The van der Waals surface area contributed by atoms with Crippen LogP contribution < -0.4 is 24.2 Å². The van der Waals surface area contributed by atoms with Gasteiger partial charge in [-0.1, -0.05) is 106 Å². The second kappa shape index (κ2) is 28.3. The van der Waals surface area contributed by atoms with Gasteiger partial charge in [0.25, 0.3) is 5.91 Å². The predicted molar refractivity (Wildman–Crippen MR) is 244 cm³/mol. The van der Waals surface area contributed by atoms with E-state index in [1.54, 1.807) is 46.8 Å². The maximum atomic E-state index is 13.9. The van der Waals surface area contributed by atoms with Crippen LogP contribution in [0.25, 0.3) is 0 Å². The molecule has 0 aliphatic rings. The van der Waals surface area contributed by atoms with E-state index in [9.17, 15) is 33.0 Å². The van der Waals surface area contributed by atoms with Crippen molar-refractivity contribution in [1.29, 1.82) is 0 Å². The minimum atomic E-state index is -3.84. The third-order valence-electron chi connectivity index (χ3n) is 9.92. The standard InChI is InChI=1S/C48H70N2O11S.2Ac/c1-11-12-13-14-15-16-17-18-19-20-21-36(60-35-24-26-40(52)37(30-35)47(4,5)6)31-58-46(55)33-22-25-38(42(28-33)59-32(2)3)49-45(54)43(44(53)48(7,8)9)61-41-27-23-34(51)29-39(41)50-62(10,56)57;;/h22-30,32,36,43,50-52H,11-21,31H2,1-10H3,(H,49,54);;. The van der Waals surface area contributed by atoms with Crippen LogP contribution in [-0.2, 0) is 29.8 Å². The zero-order chi connectivity index (χ0) is 46.3. The smallest absolute Gasteiger partial charge is 0.338 e. The summed E-state index contributed by atoms with van der Waals surface area (Å²) in [6.45, 7) is 16.6. The second-order valence-electron chi connectivity index (χ2n) is 18.3. The van der Waals surface area contributed by atoms with Crippen LogP contribution in [0.5, 0.6) is 28.7 Å². The van der Waals surface area contributed by atoms with Gasteiger partial charge >= 0.3 is 5.97 Å². The summed E-state index contributed by atoms with van der Waals surface area (Å²) < 4.78 is 50.6. The number of aromatic hydroxyl groups is 2. The number of amides is 1. The summed E-state index contributed by atoms with van der Waals surface area (Å²) in [5.41, 5.74) is -0.542. The minimum Gasteiger partial charge on any atom is -0.508 e. The molecule has 2 unspecified atom stereocenters. The van der Waals surface area contributed by atoms with Crippen LogP contribution >= 0.6 is 0 Å². The molecule has 0 aliphatic carbocycles. The Bertz CT molecular complexity index is 2060. The summed E-state index contributed by atoms with van der Waals surface area (Å²) in [6.07, 6.45) is 10.7. The number of hydrogen-bond acceptors (Lipinski definition) is 11. The Morgan fingerprint density at radius 3 is 1.89 bits per heavy atom. The number of benzene rings is 3. The zero-order valence-electron chi connectivity index (χ0n) is 39.5. The largest absolute Gasteiger partial charge is 0.508 e. The van der Waals surface area contributed by atoms with Gasteiger partial charge in [-0.25, -0.2) is 13.2 Å². The Morgan fingerprint density at radius 2 is 1.33 bits per heavy atom. The number of rotatable bonds is 25. The van der Waals surface area contributed by atoms with Gasteiger partial charge in [-0.2, -0.15) is 0 Å². The molecule has 1 amide bonds. The number of anilines is 2. The van der Waals surface area contributed by atoms with Gasteiger partial charge in [0.15, 0.2) is 5.78 Å². The average Bonchev–Trinajstić information content (AvgIpc) is 3.16. The number of phenols is 2. The van der Waals surface area contributed by atoms with Crippen LogP contribution in [0.15, 0.2) is 54.6 Å². The first-order valence-electron chi connectivity index (χ1n) is 21.8. The Hall–Kier alpha value is -2.10. The first kappa shape index (κ1) is 59.9. The molecule has 0 bridgehead atoms. The van der Waals surface area contributed by atoms with E-state index in [0.29, 0.717) is 12.2 Å². The van der Waals surface area contributed by atoms with E-state index in [0.717, 1.165) is 37.1 Å². The van der Waals surface area contributed by atoms with Gasteiger partial charge in [0.1, 0.15) is 41.5 Å².